The maximum Gasteiger partial charge on any atom is 0.270 e. The second-order valence-corrected chi connectivity index (χ2v) is 4.01. The molecule has 0 spiro atoms. The van der Waals surface area contributed by atoms with Gasteiger partial charge in [-0.2, -0.15) is 0 Å². The van der Waals surface area contributed by atoms with E-state index in [-0.39, 0.29) is 5.69 Å². The van der Waals surface area contributed by atoms with E-state index in [1.807, 2.05) is 0 Å². The molecule has 0 saturated carbocycles. The summed E-state index contributed by atoms with van der Waals surface area (Å²) in [4.78, 5) is 18.5. The summed E-state index contributed by atoms with van der Waals surface area (Å²) < 4.78 is 4.97. The third kappa shape index (κ3) is 2.26. The molecule has 1 N–H and O–H groups in total. The molecule has 3 rings (SSSR count). The first-order valence-corrected chi connectivity index (χ1v) is 5.76. The molecule has 8 nitrogen and oxygen atoms in total. The van der Waals surface area contributed by atoms with Crippen LogP contribution in [-0.4, -0.2) is 20.0 Å². The van der Waals surface area contributed by atoms with Crippen molar-refractivity contribution in [3.63, 3.8) is 0 Å². The fourth-order valence-corrected chi connectivity index (χ4v) is 1.80. The number of rotatable bonds is 4. The molecule has 3 aromatic rings. The Hall–Kier alpha value is -3.03. The summed E-state index contributed by atoms with van der Waals surface area (Å²) in [7, 11) is 0. The van der Waals surface area contributed by atoms with Gasteiger partial charge in [-0.1, -0.05) is 5.16 Å². The van der Waals surface area contributed by atoms with Gasteiger partial charge in [0, 0.05) is 23.6 Å². The van der Waals surface area contributed by atoms with E-state index in [2.05, 4.69) is 20.4 Å². The number of hydrogen-bond acceptors (Lipinski definition) is 7. The zero-order chi connectivity index (χ0) is 13.9. The molecule has 20 heavy (non-hydrogen) atoms. The summed E-state index contributed by atoms with van der Waals surface area (Å²) in [5, 5.41) is 18.1. The number of nitro benzene ring substituents is 1. The first-order valence-electron chi connectivity index (χ1n) is 5.76. The van der Waals surface area contributed by atoms with Gasteiger partial charge < -0.3 is 9.84 Å². The second kappa shape index (κ2) is 4.92. The number of nitrogens with one attached hydrogen (secondary N) is 1. The Labute approximate surface area is 112 Å². The van der Waals surface area contributed by atoms with Crippen LogP contribution in [0.15, 0.2) is 41.3 Å². The number of nitro groups is 1. The van der Waals surface area contributed by atoms with Crippen molar-refractivity contribution in [1.82, 2.24) is 15.1 Å². The lowest BCUT2D eigenvalue weighted by Gasteiger charge is -2.06. The van der Waals surface area contributed by atoms with Crippen LogP contribution in [-0.2, 0) is 6.54 Å². The molecule has 100 valence electrons. The lowest BCUT2D eigenvalue weighted by molar-refractivity contribution is -0.384. The van der Waals surface area contributed by atoms with E-state index in [0.717, 1.165) is 0 Å². The van der Waals surface area contributed by atoms with Gasteiger partial charge in [0.1, 0.15) is 12.1 Å². The monoisotopic (exact) mass is 271 g/mol. The maximum absolute atomic E-state index is 10.8. The number of anilines is 1. The van der Waals surface area contributed by atoms with Crippen molar-refractivity contribution in [2.24, 2.45) is 0 Å². The highest BCUT2D eigenvalue weighted by atomic mass is 16.6. The van der Waals surface area contributed by atoms with E-state index in [1.54, 1.807) is 18.3 Å². The van der Waals surface area contributed by atoms with Gasteiger partial charge in [-0.3, -0.25) is 10.1 Å². The summed E-state index contributed by atoms with van der Waals surface area (Å²) in [6, 6.07) is 6.17. The summed E-state index contributed by atoms with van der Waals surface area (Å²) in [6.07, 6.45) is 2.94. The number of nitrogens with zero attached hydrogens (tertiary/aromatic N) is 4. The standard InChI is InChI=1S/C12H9N5O3/c18-17(19)8-1-2-11-10(5-8)12(15-7-14-11)13-6-9-3-4-16-20-9/h1-5,7H,6H2,(H,13,14,15). The van der Waals surface area contributed by atoms with E-state index in [9.17, 15) is 10.1 Å². The topological polar surface area (TPSA) is 107 Å². The van der Waals surface area contributed by atoms with E-state index in [0.29, 0.717) is 29.0 Å². The Bertz CT molecular complexity index is 757. The zero-order valence-corrected chi connectivity index (χ0v) is 10.2. The predicted molar refractivity (Wildman–Crippen MR) is 70.0 cm³/mol. The summed E-state index contributed by atoms with van der Waals surface area (Å²) in [5.74, 6) is 1.15. The van der Waals surface area contributed by atoms with E-state index < -0.39 is 4.92 Å². The normalized spacial score (nSPS) is 10.6. The van der Waals surface area contributed by atoms with Crippen molar-refractivity contribution in [1.29, 1.82) is 0 Å². The van der Waals surface area contributed by atoms with Crippen molar-refractivity contribution in [2.75, 3.05) is 5.32 Å². The van der Waals surface area contributed by atoms with Crippen molar-refractivity contribution < 1.29 is 9.45 Å². The highest BCUT2D eigenvalue weighted by Gasteiger charge is 2.10. The minimum absolute atomic E-state index is 0.00462. The van der Waals surface area contributed by atoms with Crippen LogP contribution < -0.4 is 5.32 Å². The average Bonchev–Trinajstić information content (AvgIpc) is 2.97. The van der Waals surface area contributed by atoms with E-state index >= 15 is 0 Å². The minimum Gasteiger partial charge on any atom is -0.362 e. The maximum atomic E-state index is 10.8. The Morgan fingerprint density at radius 2 is 2.20 bits per heavy atom. The van der Waals surface area contributed by atoms with Gasteiger partial charge in [0.25, 0.3) is 5.69 Å². The molecule has 1 aromatic carbocycles. The highest BCUT2D eigenvalue weighted by molar-refractivity contribution is 5.90. The second-order valence-electron chi connectivity index (χ2n) is 4.01. The predicted octanol–water partition coefficient (Wildman–Crippen LogP) is 2.14. The zero-order valence-electron chi connectivity index (χ0n) is 10.2. The van der Waals surface area contributed by atoms with Crippen molar-refractivity contribution >= 4 is 22.4 Å². The molecular formula is C12H9N5O3. The van der Waals surface area contributed by atoms with Gasteiger partial charge in [-0.05, 0) is 6.07 Å². The molecule has 0 aliphatic carbocycles. The van der Waals surface area contributed by atoms with Crippen LogP contribution in [0.4, 0.5) is 11.5 Å². The molecule has 0 unspecified atom stereocenters. The fourth-order valence-electron chi connectivity index (χ4n) is 1.80. The minimum atomic E-state index is -0.452. The molecule has 0 amide bonds. The SMILES string of the molecule is O=[N+]([O-])c1ccc2ncnc(NCc3ccno3)c2c1. The Morgan fingerprint density at radius 3 is 2.95 bits per heavy atom. The van der Waals surface area contributed by atoms with E-state index in [1.165, 1.54) is 18.5 Å². The Morgan fingerprint density at radius 1 is 1.30 bits per heavy atom. The molecular weight excluding hydrogens is 262 g/mol. The number of benzene rings is 1. The molecule has 0 radical (unpaired) electrons. The molecule has 2 heterocycles. The average molecular weight is 271 g/mol. The highest BCUT2D eigenvalue weighted by Crippen LogP contribution is 2.24. The van der Waals surface area contributed by atoms with Gasteiger partial charge in [0.05, 0.1) is 23.2 Å². The number of hydrogen-bond donors (Lipinski definition) is 1. The Kier molecular flexibility index (Phi) is 2.96. The van der Waals surface area contributed by atoms with Crippen LogP contribution in [0.5, 0.6) is 0 Å². The molecule has 0 bridgehead atoms. The largest absolute Gasteiger partial charge is 0.362 e. The van der Waals surface area contributed by atoms with Gasteiger partial charge >= 0.3 is 0 Å². The van der Waals surface area contributed by atoms with Crippen LogP contribution in [0.3, 0.4) is 0 Å². The molecule has 0 fully saturated rings. The van der Waals surface area contributed by atoms with Crippen LogP contribution >= 0.6 is 0 Å². The third-order valence-electron chi connectivity index (χ3n) is 2.75. The molecule has 0 saturated heterocycles. The smallest absolute Gasteiger partial charge is 0.270 e. The van der Waals surface area contributed by atoms with Crippen LogP contribution in [0.25, 0.3) is 10.9 Å². The van der Waals surface area contributed by atoms with Crippen LogP contribution in [0, 0.1) is 10.1 Å². The Balaban J connectivity index is 1.96. The number of fused-ring (bicyclic) bond motifs is 1. The van der Waals surface area contributed by atoms with Gasteiger partial charge in [0.15, 0.2) is 5.76 Å². The first kappa shape index (κ1) is 12.0. The number of aromatic nitrogens is 3. The summed E-state index contributed by atoms with van der Waals surface area (Å²) >= 11 is 0. The molecule has 0 atom stereocenters. The van der Waals surface area contributed by atoms with Crippen molar-refractivity contribution in [2.45, 2.75) is 6.54 Å². The quantitative estimate of drug-likeness (QED) is 0.572. The van der Waals surface area contributed by atoms with Crippen LogP contribution in [0.2, 0.25) is 0 Å². The number of non-ortho nitro benzene ring substituents is 1. The third-order valence-corrected chi connectivity index (χ3v) is 2.75. The van der Waals surface area contributed by atoms with E-state index in [4.69, 9.17) is 4.52 Å². The molecule has 0 aliphatic rings. The summed E-state index contributed by atoms with van der Waals surface area (Å²) in [6.45, 7) is 0.384. The van der Waals surface area contributed by atoms with Crippen LogP contribution in [0.1, 0.15) is 5.76 Å². The lowest BCUT2D eigenvalue weighted by atomic mass is 10.2. The van der Waals surface area contributed by atoms with Gasteiger partial charge in [-0.15, -0.1) is 0 Å². The van der Waals surface area contributed by atoms with Crippen molar-refractivity contribution in [3.8, 4) is 0 Å². The fraction of sp³-hybridized carbons (Fsp3) is 0.0833. The molecule has 2 aromatic heterocycles. The molecule has 0 aliphatic heterocycles. The van der Waals surface area contributed by atoms with Gasteiger partial charge in [-0.25, -0.2) is 9.97 Å². The summed E-state index contributed by atoms with van der Waals surface area (Å²) in [5.41, 5.74) is 0.626. The molecule has 8 heteroatoms. The van der Waals surface area contributed by atoms with Gasteiger partial charge in [0.2, 0.25) is 0 Å². The van der Waals surface area contributed by atoms with Crippen molar-refractivity contribution in [3.05, 3.63) is 52.7 Å². The first-order chi connectivity index (χ1) is 9.74. The lowest BCUT2D eigenvalue weighted by Crippen LogP contribution is -2.02.